The van der Waals surface area contributed by atoms with Crippen molar-refractivity contribution in [1.82, 2.24) is 10.2 Å². The topological polar surface area (TPSA) is 147 Å². The average Bonchev–Trinajstić information content (AvgIpc) is 3.29. The van der Waals surface area contributed by atoms with Crippen LogP contribution in [0.25, 0.3) is 0 Å². The highest BCUT2D eigenvalue weighted by molar-refractivity contribution is 5.85. The number of carbonyl (C=O) groups excluding carboxylic acids is 5. The molecule has 0 radical (unpaired) electrons. The Morgan fingerprint density at radius 1 is 0.523 bits per heavy atom. The predicted octanol–water partition coefficient (Wildman–Crippen LogP) is 11.6. The summed E-state index contributed by atoms with van der Waals surface area (Å²) in [5.41, 5.74) is -1.10. The summed E-state index contributed by atoms with van der Waals surface area (Å²) in [5, 5.41) is 2.78. The van der Waals surface area contributed by atoms with E-state index >= 15 is 0 Å². The molecule has 0 spiro atoms. The molecule has 1 fully saturated rings. The molecule has 2 unspecified atom stereocenters. The summed E-state index contributed by atoms with van der Waals surface area (Å²) < 4.78 is 28.3. The molecule has 1 saturated heterocycles. The molecule has 0 aromatic rings. The molecule has 0 saturated carbocycles. The molecular weight excluding hydrogens is 825 g/mol. The lowest BCUT2D eigenvalue weighted by Crippen LogP contribution is -2.49. The van der Waals surface area contributed by atoms with Gasteiger partial charge in [-0.2, -0.15) is 0 Å². The summed E-state index contributed by atoms with van der Waals surface area (Å²) in [6.45, 7) is 16.2. The molecule has 1 rings (SSSR count). The molecule has 0 aliphatic carbocycles. The van der Waals surface area contributed by atoms with Gasteiger partial charge in [-0.15, -0.1) is 0 Å². The van der Waals surface area contributed by atoms with E-state index in [4.69, 9.17) is 23.7 Å². The van der Waals surface area contributed by atoms with Crippen LogP contribution in [0.4, 0.5) is 0 Å². The summed E-state index contributed by atoms with van der Waals surface area (Å²) in [6.07, 6.45) is 27.4. The second-order valence-corrected chi connectivity index (χ2v) is 19.5. The highest BCUT2D eigenvalue weighted by Crippen LogP contribution is 2.26. The van der Waals surface area contributed by atoms with Gasteiger partial charge in [0, 0.05) is 44.4 Å². The van der Waals surface area contributed by atoms with Crippen molar-refractivity contribution in [1.29, 1.82) is 0 Å². The van der Waals surface area contributed by atoms with Gasteiger partial charge >= 0.3 is 23.9 Å². The Balaban J connectivity index is 2.79. The monoisotopic (exact) mass is 923 g/mol. The van der Waals surface area contributed by atoms with Gasteiger partial charge in [0.05, 0.1) is 39.3 Å². The van der Waals surface area contributed by atoms with Gasteiger partial charge in [-0.05, 0) is 43.9 Å². The minimum atomic E-state index is -1.31. The highest BCUT2D eigenvalue weighted by Gasteiger charge is 2.40. The van der Waals surface area contributed by atoms with Crippen molar-refractivity contribution in [2.45, 2.75) is 234 Å². The van der Waals surface area contributed by atoms with Crippen molar-refractivity contribution < 1.29 is 47.7 Å². The van der Waals surface area contributed by atoms with E-state index in [1.54, 1.807) is 13.8 Å². The summed E-state index contributed by atoms with van der Waals surface area (Å²) in [6, 6.07) is 0. The van der Waals surface area contributed by atoms with Gasteiger partial charge in [0.2, 0.25) is 0 Å². The average molecular weight is 923 g/mol. The number of hydrogen-bond donors (Lipinski definition) is 1. The van der Waals surface area contributed by atoms with E-state index < -0.39 is 29.4 Å². The van der Waals surface area contributed by atoms with Crippen molar-refractivity contribution >= 4 is 29.8 Å². The number of carbonyl (C=O) groups is 5. The second kappa shape index (κ2) is 40.3. The Bertz CT molecular complexity index is 1220. The highest BCUT2D eigenvalue weighted by atomic mass is 16.6. The van der Waals surface area contributed by atoms with Crippen molar-refractivity contribution in [3.8, 4) is 0 Å². The zero-order valence-corrected chi connectivity index (χ0v) is 42.6. The first-order valence-electron chi connectivity index (χ1n) is 26.7. The van der Waals surface area contributed by atoms with Crippen molar-refractivity contribution in [2.24, 2.45) is 17.3 Å². The van der Waals surface area contributed by atoms with Gasteiger partial charge in [0.1, 0.15) is 6.61 Å². The number of hydrogen-bond acceptors (Lipinski definition) is 11. The standard InChI is InChI=1S/C53H98N2O10/c1-7-11-15-19-21-25-30-45(28-23-17-13-9-3)42-62-47(56)32-27-33-50(59)65-51(53(5,6)44-64-49(58)35-37-55-38-40-61-41-39-55)52(60)54-36-34-48(57)63-43-46(29-24-18-14-10-4)31-26-22-20-16-12-8-2/h45-46,51H,7-44H2,1-6H3,(H,54,60)/t45?,46?,51-/m0/s1. The van der Waals surface area contributed by atoms with E-state index in [-0.39, 0.29) is 57.2 Å². The molecule has 12 nitrogen and oxygen atoms in total. The van der Waals surface area contributed by atoms with Crippen LogP contribution in [-0.2, 0) is 47.7 Å². The van der Waals surface area contributed by atoms with Gasteiger partial charge in [-0.3, -0.25) is 28.9 Å². The minimum Gasteiger partial charge on any atom is -0.465 e. The molecular formula is C53H98N2O10. The first-order valence-corrected chi connectivity index (χ1v) is 26.7. The third kappa shape index (κ3) is 33.4. The van der Waals surface area contributed by atoms with Crippen LogP contribution < -0.4 is 5.32 Å². The lowest BCUT2D eigenvalue weighted by Gasteiger charge is -2.32. The Hall–Kier alpha value is -2.73. The number of morpholine rings is 1. The Morgan fingerprint density at radius 2 is 0.938 bits per heavy atom. The van der Waals surface area contributed by atoms with Crippen LogP contribution >= 0.6 is 0 Å². The zero-order valence-electron chi connectivity index (χ0n) is 42.6. The van der Waals surface area contributed by atoms with E-state index in [0.29, 0.717) is 44.8 Å². The molecule has 1 heterocycles. The molecule has 3 atom stereocenters. The Labute approximate surface area is 396 Å². The van der Waals surface area contributed by atoms with Crippen LogP contribution in [0.2, 0.25) is 0 Å². The lowest BCUT2D eigenvalue weighted by atomic mass is 9.86. The molecule has 1 amide bonds. The number of amides is 1. The van der Waals surface area contributed by atoms with Gasteiger partial charge in [-0.25, -0.2) is 0 Å². The molecule has 380 valence electrons. The number of ether oxygens (including phenoxy) is 5. The third-order valence-corrected chi connectivity index (χ3v) is 12.8. The van der Waals surface area contributed by atoms with Crippen LogP contribution in [0.5, 0.6) is 0 Å². The smallest absolute Gasteiger partial charge is 0.307 e. The minimum absolute atomic E-state index is 0.00399. The third-order valence-electron chi connectivity index (χ3n) is 12.8. The maximum absolute atomic E-state index is 13.7. The van der Waals surface area contributed by atoms with Crippen LogP contribution in [-0.4, -0.2) is 100 Å². The molecule has 0 bridgehead atoms. The fourth-order valence-electron chi connectivity index (χ4n) is 8.34. The number of nitrogens with zero attached hydrogens (tertiary/aromatic N) is 1. The Kier molecular flexibility index (Phi) is 37.4. The summed E-state index contributed by atoms with van der Waals surface area (Å²) in [5.74, 6) is -1.70. The fourth-order valence-corrected chi connectivity index (χ4v) is 8.34. The maximum Gasteiger partial charge on any atom is 0.307 e. The molecule has 1 aliphatic rings. The summed E-state index contributed by atoms with van der Waals surface area (Å²) >= 11 is 0. The number of esters is 4. The SMILES string of the molecule is CCCCCCCCC(CCCCCC)COC(=O)CCCC(=O)O[C@@H](C(=O)NCCC(=O)OCC(CCCCCC)CCCCCCCC)C(C)(C)COC(=O)CCN1CCOCC1. The van der Waals surface area contributed by atoms with E-state index in [9.17, 15) is 24.0 Å². The molecule has 0 aromatic carbocycles. The van der Waals surface area contributed by atoms with Gasteiger partial charge < -0.3 is 29.0 Å². The largest absolute Gasteiger partial charge is 0.465 e. The van der Waals surface area contributed by atoms with Crippen LogP contribution in [0.1, 0.15) is 228 Å². The van der Waals surface area contributed by atoms with E-state index in [1.807, 2.05) is 0 Å². The summed E-state index contributed by atoms with van der Waals surface area (Å²) in [4.78, 5) is 67.7. The molecule has 1 N–H and O–H groups in total. The lowest BCUT2D eigenvalue weighted by molar-refractivity contribution is -0.169. The van der Waals surface area contributed by atoms with Crippen molar-refractivity contribution in [3.05, 3.63) is 0 Å². The van der Waals surface area contributed by atoms with E-state index in [1.165, 1.54) is 103 Å². The normalized spacial score (nSPS) is 14.6. The second-order valence-electron chi connectivity index (χ2n) is 19.5. The van der Waals surface area contributed by atoms with E-state index in [2.05, 4.69) is 37.9 Å². The zero-order chi connectivity index (χ0) is 47.8. The molecule has 65 heavy (non-hydrogen) atoms. The maximum atomic E-state index is 13.7. The number of nitrogens with one attached hydrogen (secondary N) is 1. The Morgan fingerprint density at radius 3 is 1.43 bits per heavy atom. The van der Waals surface area contributed by atoms with Crippen molar-refractivity contribution in [2.75, 3.05) is 59.2 Å². The quantitative estimate of drug-likeness (QED) is 0.0354. The fraction of sp³-hybridized carbons (Fsp3) is 0.906. The van der Waals surface area contributed by atoms with Crippen molar-refractivity contribution in [3.63, 3.8) is 0 Å². The van der Waals surface area contributed by atoms with E-state index in [0.717, 1.165) is 64.5 Å². The van der Waals surface area contributed by atoms with Gasteiger partial charge in [0.15, 0.2) is 6.10 Å². The molecule has 0 aromatic heterocycles. The first-order chi connectivity index (χ1) is 31.4. The first kappa shape index (κ1) is 60.3. The van der Waals surface area contributed by atoms with Crippen LogP contribution in [0.3, 0.4) is 0 Å². The summed E-state index contributed by atoms with van der Waals surface area (Å²) in [7, 11) is 0. The molecule has 1 aliphatic heterocycles. The van der Waals surface area contributed by atoms with Gasteiger partial charge in [-0.1, -0.05) is 170 Å². The predicted molar refractivity (Wildman–Crippen MR) is 260 cm³/mol. The van der Waals surface area contributed by atoms with Gasteiger partial charge in [0.25, 0.3) is 5.91 Å². The molecule has 12 heteroatoms. The number of rotatable bonds is 43. The number of unbranched alkanes of at least 4 members (excludes halogenated alkanes) is 16. The van der Waals surface area contributed by atoms with Crippen LogP contribution in [0.15, 0.2) is 0 Å². The van der Waals surface area contributed by atoms with Crippen LogP contribution in [0, 0.1) is 17.3 Å².